The van der Waals surface area contributed by atoms with Crippen molar-refractivity contribution in [2.24, 2.45) is 0 Å². The summed E-state index contributed by atoms with van der Waals surface area (Å²) in [5.41, 5.74) is 1.45. The summed E-state index contributed by atoms with van der Waals surface area (Å²) in [7, 11) is 0. The molecule has 0 unspecified atom stereocenters. The smallest absolute Gasteiger partial charge is 0.178 e. The number of hydrogen-bond acceptors (Lipinski definition) is 5. The Morgan fingerprint density at radius 1 is 0.897 bits per heavy atom. The molecule has 0 aliphatic carbocycles. The summed E-state index contributed by atoms with van der Waals surface area (Å²) < 4.78 is 28.8. The highest BCUT2D eigenvalue weighted by molar-refractivity contribution is 5.46. The molecule has 29 heavy (non-hydrogen) atoms. The van der Waals surface area contributed by atoms with Gasteiger partial charge in [0.05, 0.1) is 0 Å². The molecule has 1 aromatic carbocycles. The van der Waals surface area contributed by atoms with E-state index in [9.17, 15) is 8.78 Å². The van der Waals surface area contributed by atoms with Crippen molar-refractivity contribution < 1.29 is 8.78 Å². The number of aromatic nitrogens is 4. The lowest BCUT2D eigenvalue weighted by molar-refractivity contribution is 0.200. The van der Waals surface area contributed by atoms with Gasteiger partial charge < -0.3 is 4.90 Å². The van der Waals surface area contributed by atoms with E-state index in [2.05, 4.69) is 20.0 Å². The summed E-state index contributed by atoms with van der Waals surface area (Å²) in [6.45, 7) is 4.36. The van der Waals surface area contributed by atoms with Gasteiger partial charge in [0.2, 0.25) is 0 Å². The molecule has 3 aromatic rings. The van der Waals surface area contributed by atoms with Crippen molar-refractivity contribution in [3.63, 3.8) is 0 Å². The Kier molecular flexibility index (Phi) is 4.87. The number of hydrogen-bond donors (Lipinski definition) is 0. The lowest BCUT2D eigenvalue weighted by atomic mass is 9.95. The Hall–Kier alpha value is -2.61. The second-order valence-electron chi connectivity index (χ2n) is 8.04. The number of rotatable bonds is 4. The molecule has 2 fully saturated rings. The fourth-order valence-corrected chi connectivity index (χ4v) is 4.47. The second kappa shape index (κ2) is 7.67. The third-order valence-electron chi connectivity index (χ3n) is 5.98. The van der Waals surface area contributed by atoms with Gasteiger partial charge in [-0.1, -0.05) is 0 Å². The molecule has 0 amide bonds. The van der Waals surface area contributed by atoms with Gasteiger partial charge in [-0.2, -0.15) is 4.52 Å². The minimum Gasteiger partial charge on any atom is -0.355 e. The maximum atomic E-state index is 13.4. The maximum Gasteiger partial charge on any atom is 0.178 e. The average Bonchev–Trinajstić information content (AvgIpc) is 3.37. The van der Waals surface area contributed by atoms with Crippen LogP contribution in [0.15, 0.2) is 30.3 Å². The first kappa shape index (κ1) is 18.4. The van der Waals surface area contributed by atoms with E-state index >= 15 is 0 Å². The highest BCUT2D eigenvalue weighted by Gasteiger charge is 2.26. The Morgan fingerprint density at radius 2 is 1.62 bits per heavy atom. The molecule has 2 aromatic heterocycles. The summed E-state index contributed by atoms with van der Waals surface area (Å²) >= 11 is 0. The third-order valence-corrected chi connectivity index (χ3v) is 5.98. The summed E-state index contributed by atoms with van der Waals surface area (Å²) in [6, 6.07) is 7.75. The van der Waals surface area contributed by atoms with Gasteiger partial charge >= 0.3 is 0 Å². The zero-order valence-corrected chi connectivity index (χ0v) is 16.3. The monoisotopic (exact) mass is 398 g/mol. The van der Waals surface area contributed by atoms with Crippen molar-refractivity contribution >= 4 is 11.5 Å². The molecule has 152 valence electrons. The SMILES string of the molecule is Fc1cc(F)cc(CN2CCC(c3nnc4ccc(N5CCCC5)nn34)CC2)c1. The van der Waals surface area contributed by atoms with Crippen LogP contribution >= 0.6 is 0 Å². The van der Waals surface area contributed by atoms with E-state index < -0.39 is 11.6 Å². The highest BCUT2D eigenvalue weighted by atomic mass is 19.1. The van der Waals surface area contributed by atoms with Gasteiger partial charge in [0, 0.05) is 31.6 Å². The van der Waals surface area contributed by atoms with Crippen molar-refractivity contribution in [1.29, 1.82) is 0 Å². The zero-order valence-electron chi connectivity index (χ0n) is 16.3. The van der Waals surface area contributed by atoms with E-state index in [4.69, 9.17) is 5.10 Å². The van der Waals surface area contributed by atoms with Gasteiger partial charge in [0.25, 0.3) is 0 Å². The van der Waals surface area contributed by atoms with E-state index in [0.29, 0.717) is 12.1 Å². The molecule has 0 bridgehead atoms. The minimum absolute atomic E-state index is 0.284. The van der Waals surface area contributed by atoms with E-state index in [1.54, 1.807) is 0 Å². The van der Waals surface area contributed by atoms with Gasteiger partial charge in [0.15, 0.2) is 11.5 Å². The summed E-state index contributed by atoms with van der Waals surface area (Å²) in [5, 5.41) is 13.6. The average molecular weight is 398 g/mol. The lowest BCUT2D eigenvalue weighted by Crippen LogP contribution is -2.33. The molecule has 4 heterocycles. The van der Waals surface area contributed by atoms with E-state index in [0.717, 1.165) is 62.4 Å². The number of benzene rings is 1. The number of fused-ring (bicyclic) bond motifs is 1. The van der Waals surface area contributed by atoms with Crippen molar-refractivity contribution in [2.45, 2.75) is 38.1 Å². The van der Waals surface area contributed by atoms with Crippen molar-refractivity contribution in [3.8, 4) is 0 Å². The maximum absolute atomic E-state index is 13.4. The van der Waals surface area contributed by atoms with Crippen LogP contribution in [0.4, 0.5) is 14.6 Å². The van der Waals surface area contributed by atoms with Crippen LogP contribution in [0.1, 0.15) is 43.0 Å². The van der Waals surface area contributed by atoms with Crippen molar-refractivity contribution in [3.05, 3.63) is 53.4 Å². The standard InChI is InChI=1S/C21H24F2N6/c22-17-11-15(12-18(23)13-17)14-27-9-5-16(6-10-27)21-25-24-19-3-4-20(26-29(19)21)28-7-1-2-8-28/h3-4,11-13,16H,1-2,5-10,14H2. The zero-order chi connectivity index (χ0) is 19.8. The Bertz CT molecular complexity index is 985. The van der Waals surface area contributed by atoms with E-state index in [-0.39, 0.29) is 5.92 Å². The fourth-order valence-electron chi connectivity index (χ4n) is 4.47. The van der Waals surface area contributed by atoms with Gasteiger partial charge in [0.1, 0.15) is 17.5 Å². The predicted molar refractivity (Wildman–Crippen MR) is 106 cm³/mol. The van der Waals surface area contributed by atoms with Crippen LogP contribution in [0.3, 0.4) is 0 Å². The summed E-state index contributed by atoms with van der Waals surface area (Å²) in [5.74, 6) is 1.14. The van der Waals surface area contributed by atoms with Crippen LogP contribution < -0.4 is 4.90 Å². The summed E-state index contributed by atoms with van der Waals surface area (Å²) in [4.78, 5) is 4.54. The molecular formula is C21H24F2N6. The topological polar surface area (TPSA) is 49.6 Å². The fraction of sp³-hybridized carbons (Fsp3) is 0.476. The molecular weight excluding hydrogens is 374 g/mol. The lowest BCUT2D eigenvalue weighted by Gasteiger charge is -2.31. The van der Waals surface area contributed by atoms with Crippen molar-refractivity contribution in [1.82, 2.24) is 24.7 Å². The molecule has 2 aliphatic rings. The molecule has 0 spiro atoms. The molecule has 0 N–H and O–H groups in total. The minimum atomic E-state index is -0.523. The van der Waals surface area contributed by atoms with E-state index in [1.165, 1.54) is 25.0 Å². The molecule has 0 saturated carbocycles. The number of halogens is 2. The second-order valence-corrected chi connectivity index (χ2v) is 8.04. The van der Waals surface area contributed by atoms with Crippen LogP contribution in [0.25, 0.3) is 5.65 Å². The highest BCUT2D eigenvalue weighted by Crippen LogP contribution is 2.28. The normalized spacial score (nSPS) is 18.8. The summed E-state index contributed by atoms with van der Waals surface area (Å²) in [6.07, 6.45) is 4.27. The largest absolute Gasteiger partial charge is 0.355 e. The first-order valence-electron chi connectivity index (χ1n) is 10.3. The third kappa shape index (κ3) is 3.81. The molecule has 6 nitrogen and oxygen atoms in total. The first-order valence-corrected chi connectivity index (χ1v) is 10.3. The van der Waals surface area contributed by atoms with Gasteiger partial charge in [-0.25, -0.2) is 8.78 Å². The molecule has 2 saturated heterocycles. The van der Waals surface area contributed by atoms with Crippen LogP contribution in [0.5, 0.6) is 0 Å². The quantitative estimate of drug-likeness (QED) is 0.674. The van der Waals surface area contributed by atoms with Gasteiger partial charge in [-0.15, -0.1) is 15.3 Å². The molecule has 8 heteroatoms. The Morgan fingerprint density at radius 3 is 2.34 bits per heavy atom. The van der Waals surface area contributed by atoms with Gasteiger partial charge in [-0.05, 0) is 68.6 Å². The molecule has 2 aliphatic heterocycles. The number of piperidine rings is 1. The van der Waals surface area contributed by atoms with Crippen LogP contribution in [-0.4, -0.2) is 50.9 Å². The Balaban J connectivity index is 1.29. The molecule has 0 atom stereocenters. The molecule has 5 rings (SSSR count). The number of nitrogens with zero attached hydrogens (tertiary/aromatic N) is 6. The van der Waals surface area contributed by atoms with Crippen molar-refractivity contribution in [2.75, 3.05) is 31.1 Å². The van der Waals surface area contributed by atoms with Crippen LogP contribution in [-0.2, 0) is 6.54 Å². The number of likely N-dealkylation sites (tertiary alicyclic amines) is 1. The van der Waals surface area contributed by atoms with E-state index in [1.807, 2.05) is 16.6 Å². The van der Waals surface area contributed by atoms with Crippen LogP contribution in [0.2, 0.25) is 0 Å². The Labute approximate surface area is 168 Å². The predicted octanol–water partition coefficient (Wildman–Crippen LogP) is 3.38. The van der Waals surface area contributed by atoms with Gasteiger partial charge in [-0.3, -0.25) is 4.90 Å². The number of anilines is 1. The molecule has 0 radical (unpaired) electrons. The first-order chi connectivity index (χ1) is 14.2. The van der Waals surface area contributed by atoms with Crippen LogP contribution in [0, 0.1) is 11.6 Å².